The number of fused-ring (bicyclic) bond motifs is 3. The Hall–Kier alpha value is -1.74. The van der Waals surface area contributed by atoms with Crippen LogP contribution in [0, 0.1) is 17.6 Å². The Labute approximate surface area is 223 Å². The van der Waals surface area contributed by atoms with Crippen molar-refractivity contribution < 1.29 is 26.7 Å². The summed E-state index contributed by atoms with van der Waals surface area (Å²) in [6, 6.07) is 9.61. The van der Waals surface area contributed by atoms with Crippen LogP contribution in [0.25, 0.3) is 0 Å². The normalized spacial score (nSPS) is 30.0. The summed E-state index contributed by atoms with van der Waals surface area (Å²) >= 11 is 6.09. The molecule has 0 saturated carbocycles. The first-order valence-electron chi connectivity index (χ1n) is 12.9. The fourth-order valence-electron chi connectivity index (χ4n) is 6.68. The molecule has 3 aliphatic rings. The molecule has 0 N–H and O–H groups in total. The molecule has 0 bridgehead atoms. The quantitative estimate of drug-likeness (QED) is 0.472. The third-order valence-corrected chi connectivity index (χ3v) is 11.0. The Morgan fingerprint density at radius 2 is 1.84 bits per heavy atom. The topological polar surface area (TPSA) is 55.8 Å². The van der Waals surface area contributed by atoms with Gasteiger partial charge in [-0.05, 0) is 82.4 Å². The fraction of sp³-hybridized carbons (Fsp3) is 0.571. The van der Waals surface area contributed by atoms with Gasteiger partial charge in [-0.15, -0.1) is 0 Å². The van der Waals surface area contributed by atoms with E-state index in [4.69, 9.17) is 21.1 Å². The SMILES string of the molecule is CN1CCC[C@@]1(C)CS(=O)(=O)CC[C@@H]1OCC[C@@]2(Cc3ccc(Cl)cc3)c3c(F)ccc(F)c3OC[C@@H]12. The number of nitrogens with zero attached hydrogens (tertiary/aromatic N) is 1. The Morgan fingerprint density at radius 1 is 1.11 bits per heavy atom. The maximum absolute atomic E-state index is 15.4. The second-order valence-corrected chi connectivity index (χ2v) is 13.8. The summed E-state index contributed by atoms with van der Waals surface area (Å²) in [5, 5.41) is 0.596. The molecule has 0 aliphatic carbocycles. The first-order chi connectivity index (χ1) is 17.5. The molecule has 5 nitrogen and oxygen atoms in total. The minimum absolute atomic E-state index is 0.0207. The zero-order valence-electron chi connectivity index (χ0n) is 21.3. The van der Waals surface area contributed by atoms with Gasteiger partial charge in [-0.2, -0.15) is 0 Å². The smallest absolute Gasteiger partial charge is 0.165 e. The molecule has 2 aromatic carbocycles. The van der Waals surface area contributed by atoms with Gasteiger partial charge in [-0.1, -0.05) is 23.7 Å². The van der Waals surface area contributed by atoms with Crippen molar-refractivity contribution in [2.75, 3.05) is 38.3 Å². The Balaban J connectivity index is 1.45. The van der Waals surface area contributed by atoms with Gasteiger partial charge >= 0.3 is 0 Å². The lowest BCUT2D eigenvalue weighted by molar-refractivity contribution is -0.0963. The van der Waals surface area contributed by atoms with Crippen LogP contribution < -0.4 is 4.74 Å². The van der Waals surface area contributed by atoms with Crippen molar-refractivity contribution in [3.8, 4) is 5.75 Å². The molecular weight excluding hydrogens is 520 g/mol. The Bertz CT molecular complexity index is 1260. The highest BCUT2D eigenvalue weighted by Gasteiger charge is 2.53. The summed E-state index contributed by atoms with van der Waals surface area (Å²) in [5.41, 5.74) is 0.0158. The molecule has 0 amide bonds. The van der Waals surface area contributed by atoms with Crippen LogP contribution in [0.1, 0.15) is 43.7 Å². The summed E-state index contributed by atoms with van der Waals surface area (Å²) in [4.78, 5) is 2.13. The summed E-state index contributed by atoms with van der Waals surface area (Å²) in [7, 11) is -1.39. The van der Waals surface area contributed by atoms with Crippen molar-refractivity contribution in [2.24, 2.45) is 5.92 Å². The molecule has 2 aromatic rings. The first-order valence-corrected chi connectivity index (χ1v) is 15.1. The molecule has 0 unspecified atom stereocenters. The molecule has 37 heavy (non-hydrogen) atoms. The minimum atomic E-state index is -3.36. The van der Waals surface area contributed by atoms with Crippen LogP contribution in [0.5, 0.6) is 5.75 Å². The molecule has 2 saturated heterocycles. The average Bonchev–Trinajstić information content (AvgIpc) is 3.17. The minimum Gasteiger partial charge on any atom is -0.490 e. The Kier molecular flexibility index (Phi) is 7.33. The number of benzene rings is 2. The van der Waals surface area contributed by atoms with Gasteiger partial charge in [0.05, 0.1) is 24.2 Å². The molecule has 0 spiro atoms. The number of sulfone groups is 1. The highest BCUT2D eigenvalue weighted by molar-refractivity contribution is 7.91. The number of rotatable bonds is 7. The van der Waals surface area contributed by atoms with Crippen LogP contribution >= 0.6 is 11.6 Å². The van der Waals surface area contributed by atoms with Crippen LogP contribution in [-0.4, -0.2) is 63.3 Å². The van der Waals surface area contributed by atoms with Crippen LogP contribution in [-0.2, 0) is 26.4 Å². The van der Waals surface area contributed by atoms with Crippen molar-refractivity contribution in [1.82, 2.24) is 4.90 Å². The number of ether oxygens (including phenoxy) is 2. The van der Waals surface area contributed by atoms with Crippen molar-refractivity contribution in [3.05, 3.63) is 64.2 Å². The molecule has 4 atom stereocenters. The molecular formula is C28H34ClF2NO4S. The van der Waals surface area contributed by atoms with Crippen molar-refractivity contribution in [1.29, 1.82) is 0 Å². The summed E-state index contributed by atoms with van der Waals surface area (Å²) in [6.45, 7) is 3.36. The van der Waals surface area contributed by atoms with Gasteiger partial charge in [0, 0.05) is 34.1 Å². The first kappa shape index (κ1) is 26.9. The van der Waals surface area contributed by atoms with Crippen molar-refractivity contribution in [3.63, 3.8) is 0 Å². The Morgan fingerprint density at radius 3 is 2.54 bits per heavy atom. The lowest BCUT2D eigenvalue weighted by Gasteiger charge is -2.51. The standard InChI is InChI=1S/C28H34ClF2NO4S/c1-27(11-3-13-32(27)2)18-37(33,34)15-10-24-21-17-36-26-23(31)9-8-22(30)25(26)28(21,12-14-35-24)16-19-4-6-20(29)7-5-19/h4-9,21,24H,3,10-18H2,1-2H3/t21-,24-,27-,28-/m0/s1. The van der Waals surface area contributed by atoms with Gasteiger partial charge in [0.15, 0.2) is 21.4 Å². The van der Waals surface area contributed by atoms with Gasteiger partial charge in [0.2, 0.25) is 0 Å². The van der Waals surface area contributed by atoms with Crippen LogP contribution in [0.2, 0.25) is 5.02 Å². The highest BCUT2D eigenvalue weighted by atomic mass is 35.5. The van der Waals surface area contributed by atoms with Crippen molar-refractivity contribution in [2.45, 2.75) is 56.1 Å². The third-order valence-electron chi connectivity index (χ3n) is 8.81. The third kappa shape index (κ3) is 5.14. The lowest BCUT2D eigenvalue weighted by atomic mass is 9.60. The second-order valence-electron chi connectivity index (χ2n) is 11.2. The van der Waals surface area contributed by atoms with E-state index in [1.54, 1.807) is 12.1 Å². The lowest BCUT2D eigenvalue weighted by Crippen LogP contribution is -2.55. The maximum atomic E-state index is 15.4. The van der Waals surface area contributed by atoms with E-state index >= 15 is 4.39 Å². The van der Waals surface area contributed by atoms with E-state index < -0.39 is 33.0 Å². The van der Waals surface area contributed by atoms with E-state index in [0.29, 0.717) is 24.5 Å². The number of hydrogen-bond acceptors (Lipinski definition) is 5. The van der Waals surface area contributed by atoms with E-state index in [-0.39, 0.29) is 47.3 Å². The van der Waals surface area contributed by atoms with Gasteiger partial charge in [0.1, 0.15) is 5.82 Å². The maximum Gasteiger partial charge on any atom is 0.165 e. The summed E-state index contributed by atoms with van der Waals surface area (Å²) in [5.74, 6) is -1.41. The molecule has 3 aliphatic heterocycles. The van der Waals surface area contributed by atoms with Gasteiger partial charge < -0.3 is 9.47 Å². The summed E-state index contributed by atoms with van der Waals surface area (Å²) in [6.07, 6.45) is 2.59. The molecule has 0 aromatic heterocycles. The van der Waals surface area contributed by atoms with E-state index in [9.17, 15) is 12.8 Å². The monoisotopic (exact) mass is 553 g/mol. The van der Waals surface area contributed by atoms with Crippen molar-refractivity contribution >= 4 is 21.4 Å². The zero-order valence-corrected chi connectivity index (χ0v) is 22.9. The number of likely N-dealkylation sites (tertiary alicyclic amines) is 1. The van der Waals surface area contributed by atoms with E-state index in [2.05, 4.69) is 4.90 Å². The second kappa shape index (κ2) is 10.1. The van der Waals surface area contributed by atoms with Gasteiger partial charge in [-0.25, -0.2) is 17.2 Å². The predicted molar refractivity (Wildman–Crippen MR) is 140 cm³/mol. The highest BCUT2D eigenvalue weighted by Crippen LogP contribution is 2.53. The van der Waals surface area contributed by atoms with Crippen LogP contribution in [0.15, 0.2) is 36.4 Å². The zero-order chi connectivity index (χ0) is 26.4. The molecule has 5 rings (SSSR count). The number of halogens is 3. The molecule has 3 heterocycles. The van der Waals surface area contributed by atoms with Crippen LogP contribution in [0.3, 0.4) is 0 Å². The van der Waals surface area contributed by atoms with Gasteiger partial charge in [0.25, 0.3) is 0 Å². The van der Waals surface area contributed by atoms with E-state index in [1.165, 1.54) is 0 Å². The van der Waals surface area contributed by atoms with E-state index in [1.807, 2.05) is 26.1 Å². The van der Waals surface area contributed by atoms with Crippen LogP contribution in [0.4, 0.5) is 8.78 Å². The fourth-order valence-corrected chi connectivity index (χ4v) is 8.85. The summed E-state index contributed by atoms with van der Waals surface area (Å²) < 4.78 is 68.6. The largest absolute Gasteiger partial charge is 0.490 e. The molecule has 2 fully saturated rings. The molecule has 9 heteroatoms. The van der Waals surface area contributed by atoms with E-state index in [0.717, 1.165) is 37.1 Å². The van der Waals surface area contributed by atoms with Gasteiger partial charge in [-0.3, -0.25) is 4.90 Å². The molecule has 202 valence electrons. The predicted octanol–water partition coefficient (Wildman–Crippen LogP) is 5.19. The number of hydrogen-bond donors (Lipinski definition) is 0. The molecule has 0 radical (unpaired) electrons. The average molecular weight is 554 g/mol.